The zero-order valence-corrected chi connectivity index (χ0v) is 18.6. The maximum absolute atomic E-state index is 12.8. The van der Waals surface area contributed by atoms with Gasteiger partial charge < -0.3 is 10.1 Å². The highest BCUT2D eigenvalue weighted by Gasteiger charge is 2.20. The number of anilines is 2. The summed E-state index contributed by atoms with van der Waals surface area (Å²) in [6.45, 7) is 1.43. The van der Waals surface area contributed by atoms with Crippen LogP contribution in [0.2, 0.25) is 0 Å². The number of aromatic nitrogens is 2. The molecule has 3 heterocycles. The van der Waals surface area contributed by atoms with E-state index in [-0.39, 0.29) is 5.25 Å². The topological polar surface area (TPSA) is 64.1 Å². The molecule has 0 bridgehead atoms. The Morgan fingerprint density at radius 3 is 2.74 bits per heavy atom. The van der Waals surface area contributed by atoms with Crippen LogP contribution in [0, 0.1) is 0 Å². The van der Waals surface area contributed by atoms with E-state index in [1.165, 1.54) is 0 Å². The molecule has 1 aliphatic heterocycles. The molecule has 1 unspecified atom stereocenters. The molecule has 5 nitrogen and oxygen atoms in total. The van der Waals surface area contributed by atoms with Gasteiger partial charge in [-0.1, -0.05) is 30.3 Å². The van der Waals surface area contributed by atoms with Gasteiger partial charge >= 0.3 is 0 Å². The second kappa shape index (κ2) is 9.26. The SMILES string of the molecule is O=S(Cc1cccc(Nc2nc(-c3cccs3)nc3ccccc23)c1)C1CCOCC1. The van der Waals surface area contributed by atoms with Gasteiger partial charge in [0, 0.05) is 46.1 Å². The lowest BCUT2D eigenvalue weighted by molar-refractivity contribution is 0.0992. The molecular formula is C24H23N3O2S2. The summed E-state index contributed by atoms with van der Waals surface area (Å²) in [5.74, 6) is 2.05. The van der Waals surface area contributed by atoms with Crippen molar-refractivity contribution in [2.24, 2.45) is 0 Å². The molecule has 0 aliphatic carbocycles. The first kappa shape index (κ1) is 20.3. The summed E-state index contributed by atoms with van der Waals surface area (Å²) in [5.41, 5.74) is 2.90. The zero-order chi connectivity index (χ0) is 21.0. The van der Waals surface area contributed by atoms with Gasteiger partial charge in [-0.05, 0) is 54.1 Å². The number of thiophene rings is 1. The number of para-hydroxylation sites is 1. The molecule has 1 atom stereocenters. The molecule has 5 rings (SSSR count). The lowest BCUT2D eigenvalue weighted by Gasteiger charge is -2.21. The third-order valence-electron chi connectivity index (χ3n) is 5.38. The Kier molecular flexibility index (Phi) is 6.06. The van der Waals surface area contributed by atoms with Gasteiger partial charge in [0.05, 0.1) is 10.4 Å². The lowest BCUT2D eigenvalue weighted by Crippen LogP contribution is -2.25. The molecule has 2 aromatic heterocycles. The van der Waals surface area contributed by atoms with Gasteiger partial charge in [-0.25, -0.2) is 9.97 Å². The van der Waals surface area contributed by atoms with Crippen LogP contribution in [0.25, 0.3) is 21.6 Å². The third kappa shape index (κ3) is 4.69. The fourth-order valence-corrected chi connectivity index (χ4v) is 5.90. The van der Waals surface area contributed by atoms with Crippen LogP contribution in [0.3, 0.4) is 0 Å². The van der Waals surface area contributed by atoms with Crippen molar-refractivity contribution in [1.82, 2.24) is 9.97 Å². The van der Waals surface area contributed by atoms with E-state index in [1.807, 2.05) is 60.0 Å². The molecule has 0 radical (unpaired) electrons. The maximum Gasteiger partial charge on any atom is 0.172 e. The first-order valence-corrected chi connectivity index (χ1v) is 12.6. The first-order valence-electron chi connectivity index (χ1n) is 10.4. The molecule has 31 heavy (non-hydrogen) atoms. The van der Waals surface area contributed by atoms with Gasteiger partial charge in [-0.3, -0.25) is 4.21 Å². The number of rotatable bonds is 6. The predicted molar refractivity (Wildman–Crippen MR) is 128 cm³/mol. The van der Waals surface area contributed by atoms with E-state index in [4.69, 9.17) is 14.7 Å². The quantitative estimate of drug-likeness (QED) is 0.419. The normalized spacial score (nSPS) is 15.7. The Morgan fingerprint density at radius 2 is 1.90 bits per heavy atom. The molecule has 0 spiro atoms. The molecule has 1 N–H and O–H groups in total. The summed E-state index contributed by atoms with van der Waals surface area (Å²) < 4.78 is 18.2. The van der Waals surface area contributed by atoms with Crippen LogP contribution in [0.5, 0.6) is 0 Å². The van der Waals surface area contributed by atoms with Gasteiger partial charge in [-0.2, -0.15) is 0 Å². The number of nitrogens with one attached hydrogen (secondary N) is 1. The minimum absolute atomic E-state index is 0.226. The molecule has 4 aromatic rings. The number of hydrogen-bond acceptors (Lipinski definition) is 6. The molecule has 158 valence electrons. The van der Waals surface area contributed by atoms with Crippen LogP contribution in [-0.2, 0) is 21.3 Å². The zero-order valence-electron chi connectivity index (χ0n) is 17.0. The van der Waals surface area contributed by atoms with Crippen molar-refractivity contribution in [2.45, 2.75) is 23.8 Å². The van der Waals surface area contributed by atoms with Crippen molar-refractivity contribution in [3.63, 3.8) is 0 Å². The average Bonchev–Trinajstić information content (AvgIpc) is 3.35. The van der Waals surface area contributed by atoms with Crippen LogP contribution in [0.15, 0.2) is 66.0 Å². The van der Waals surface area contributed by atoms with Crippen molar-refractivity contribution < 1.29 is 8.95 Å². The standard InChI is InChI=1S/C24H23N3O2S2/c28-31(19-10-12-29-13-11-19)16-17-5-3-6-18(15-17)25-23-20-7-1-2-8-21(20)26-24(27-23)22-9-4-14-30-22/h1-9,14-15,19H,10-13,16H2,(H,25,26,27). The molecule has 1 aliphatic rings. The van der Waals surface area contributed by atoms with Crippen LogP contribution >= 0.6 is 11.3 Å². The smallest absolute Gasteiger partial charge is 0.172 e. The minimum Gasteiger partial charge on any atom is -0.381 e. The fourth-order valence-electron chi connectivity index (χ4n) is 3.78. The minimum atomic E-state index is -0.890. The van der Waals surface area contributed by atoms with Crippen LogP contribution in [-0.4, -0.2) is 32.6 Å². The van der Waals surface area contributed by atoms with Gasteiger partial charge in [0.15, 0.2) is 5.82 Å². The van der Waals surface area contributed by atoms with Gasteiger partial charge in [0.1, 0.15) is 5.82 Å². The second-order valence-electron chi connectivity index (χ2n) is 7.55. The van der Waals surface area contributed by atoms with E-state index in [9.17, 15) is 4.21 Å². The molecule has 0 saturated carbocycles. The molecule has 7 heteroatoms. The molecule has 1 fully saturated rings. The van der Waals surface area contributed by atoms with Gasteiger partial charge in [-0.15, -0.1) is 11.3 Å². The summed E-state index contributed by atoms with van der Waals surface area (Å²) in [7, 11) is -0.890. The van der Waals surface area contributed by atoms with Crippen molar-refractivity contribution in [1.29, 1.82) is 0 Å². The second-order valence-corrected chi connectivity index (χ2v) is 10.2. The Labute approximate surface area is 188 Å². The summed E-state index contributed by atoms with van der Waals surface area (Å²) in [6, 6.07) is 20.2. The number of nitrogens with zero attached hydrogens (tertiary/aromatic N) is 2. The monoisotopic (exact) mass is 449 g/mol. The van der Waals surface area contributed by atoms with Gasteiger partial charge in [0.25, 0.3) is 0 Å². The highest BCUT2D eigenvalue weighted by atomic mass is 32.2. The van der Waals surface area contributed by atoms with Crippen molar-refractivity contribution in [3.8, 4) is 10.7 Å². The first-order chi connectivity index (χ1) is 15.3. The van der Waals surface area contributed by atoms with Crippen LogP contribution < -0.4 is 5.32 Å². The maximum atomic E-state index is 12.8. The number of fused-ring (bicyclic) bond motifs is 1. The van der Waals surface area contributed by atoms with Crippen LogP contribution in [0.1, 0.15) is 18.4 Å². The van der Waals surface area contributed by atoms with E-state index in [0.29, 0.717) is 24.8 Å². The van der Waals surface area contributed by atoms with E-state index in [0.717, 1.165) is 45.7 Å². The summed E-state index contributed by atoms with van der Waals surface area (Å²) in [5, 5.41) is 6.71. The molecule has 1 saturated heterocycles. The molecule has 0 amide bonds. The molecular weight excluding hydrogens is 426 g/mol. The largest absolute Gasteiger partial charge is 0.381 e. The Bertz CT molecular complexity index is 1200. The Hall–Kier alpha value is -2.61. The summed E-state index contributed by atoms with van der Waals surface area (Å²) in [6.07, 6.45) is 1.76. The van der Waals surface area contributed by atoms with E-state index in [1.54, 1.807) is 11.3 Å². The highest BCUT2D eigenvalue weighted by Crippen LogP contribution is 2.29. The Morgan fingerprint density at radius 1 is 1.03 bits per heavy atom. The van der Waals surface area contributed by atoms with E-state index < -0.39 is 10.8 Å². The van der Waals surface area contributed by atoms with E-state index in [2.05, 4.69) is 11.4 Å². The summed E-state index contributed by atoms with van der Waals surface area (Å²) >= 11 is 1.63. The average molecular weight is 450 g/mol. The predicted octanol–water partition coefficient (Wildman–Crippen LogP) is 5.53. The third-order valence-corrected chi connectivity index (χ3v) is 8.08. The lowest BCUT2D eigenvalue weighted by atomic mass is 10.2. The molecule has 2 aromatic carbocycles. The summed E-state index contributed by atoms with van der Waals surface area (Å²) in [4.78, 5) is 10.6. The number of hydrogen-bond donors (Lipinski definition) is 1. The van der Waals surface area contributed by atoms with Crippen molar-refractivity contribution in [3.05, 3.63) is 71.6 Å². The van der Waals surface area contributed by atoms with Crippen molar-refractivity contribution >= 4 is 44.5 Å². The van der Waals surface area contributed by atoms with Gasteiger partial charge in [0.2, 0.25) is 0 Å². The fraction of sp³-hybridized carbons (Fsp3) is 0.250. The van der Waals surface area contributed by atoms with E-state index >= 15 is 0 Å². The van der Waals surface area contributed by atoms with Crippen molar-refractivity contribution in [2.75, 3.05) is 18.5 Å². The highest BCUT2D eigenvalue weighted by molar-refractivity contribution is 7.84. The number of benzene rings is 2. The van der Waals surface area contributed by atoms with Crippen LogP contribution in [0.4, 0.5) is 11.5 Å². The number of ether oxygens (including phenoxy) is 1. The Balaban J connectivity index is 1.42.